The minimum absolute atomic E-state index is 0.0401. The van der Waals surface area contributed by atoms with Crippen LogP contribution in [-0.2, 0) is 16.0 Å². The summed E-state index contributed by atoms with van der Waals surface area (Å²) < 4.78 is 4.99. The van der Waals surface area contributed by atoms with Gasteiger partial charge in [-0.05, 0) is 36.8 Å². The van der Waals surface area contributed by atoms with Crippen molar-refractivity contribution in [2.45, 2.75) is 13.3 Å². The number of aromatic amines is 2. The van der Waals surface area contributed by atoms with E-state index < -0.39 is 5.91 Å². The number of H-pyrrole nitrogens is 2. The average Bonchev–Trinajstić information content (AvgIpc) is 3.10. The molecular weight excluding hydrogens is 370 g/mol. The van der Waals surface area contributed by atoms with Gasteiger partial charge in [0.15, 0.2) is 0 Å². The van der Waals surface area contributed by atoms with Gasteiger partial charge in [0.2, 0.25) is 5.43 Å². The summed E-state index contributed by atoms with van der Waals surface area (Å²) in [4.78, 5) is 43.0. The smallest absolute Gasteiger partial charge is 0.310 e. The summed E-state index contributed by atoms with van der Waals surface area (Å²) in [5.74, 6) is -0.782. The molecule has 0 atom stereocenters. The minimum Gasteiger partial charge on any atom is -0.466 e. The van der Waals surface area contributed by atoms with E-state index in [1.165, 1.54) is 6.20 Å². The van der Waals surface area contributed by atoms with Crippen molar-refractivity contribution < 1.29 is 14.3 Å². The molecule has 0 spiro atoms. The van der Waals surface area contributed by atoms with Gasteiger partial charge in [0.05, 0.1) is 13.0 Å². The third-order valence-electron chi connectivity index (χ3n) is 4.70. The Hall–Kier alpha value is -3.87. The standard InChI is InChI=1S/C22H19N3O4/c1-2-29-20(26)9-13-11-23-19-10-14(7-8-15(13)19)25-22(28)17-12-24-18-6-4-3-5-16(18)21(17)27/h3-8,10-12,23H,2,9H2,1H3,(H,24,27)(H,25,28). The fourth-order valence-electron chi connectivity index (χ4n) is 3.31. The van der Waals surface area contributed by atoms with Crippen molar-refractivity contribution in [2.75, 3.05) is 11.9 Å². The molecule has 146 valence electrons. The van der Waals surface area contributed by atoms with Crippen LogP contribution in [0.3, 0.4) is 0 Å². The van der Waals surface area contributed by atoms with E-state index in [4.69, 9.17) is 4.74 Å². The van der Waals surface area contributed by atoms with Crippen molar-refractivity contribution in [2.24, 2.45) is 0 Å². The molecular formula is C22H19N3O4. The van der Waals surface area contributed by atoms with Crippen LogP contribution in [0.1, 0.15) is 22.8 Å². The SMILES string of the molecule is CCOC(=O)Cc1c[nH]c2cc(NC(=O)c3c[nH]c4ccccc4c3=O)ccc12. The molecule has 4 aromatic rings. The predicted octanol–water partition coefficient (Wildman–Crippen LogP) is 3.37. The molecule has 0 saturated carbocycles. The first-order valence-corrected chi connectivity index (χ1v) is 9.24. The maximum atomic E-state index is 12.6. The van der Waals surface area contributed by atoms with Crippen LogP contribution < -0.4 is 10.7 Å². The molecule has 0 aliphatic rings. The molecule has 0 fully saturated rings. The van der Waals surface area contributed by atoms with E-state index in [0.717, 1.165) is 16.5 Å². The number of hydrogen-bond donors (Lipinski definition) is 3. The molecule has 29 heavy (non-hydrogen) atoms. The second-order valence-electron chi connectivity index (χ2n) is 6.59. The zero-order chi connectivity index (χ0) is 20.4. The maximum absolute atomic E-state index is 12.6. The Morgan fingerprint density at radius 3 is 2.62 bits per heavy atom. The Balaban J connectivity index is 1.58. The summed E-state index contributed by atoms with van der Waals surface area (Å²) in [7, 11) is 0. The Morgan fingerprint density at radius 1 is 1.00 bits per heavy atom. The van der Waals surface area contributed by atoms with E-state index in [2.05, 4.69) is 15.3 Å². The van der Waals surface area contributed by atoms with Crippen molar-refractivity contribution in [3.8, 4) is 0 Å². The summed E-state index contributed by atoms with van der Waals surface area (Å²) >= 11 is 0. The number of fused-ring (bicyclic) bond motifs is 2. The van der Waals surface area contributed by atoms with Crippen molar-refractivity contribution in [1.82, 2.24) is 9.97 Å². The lowest BCUT2D eigenvalue weighted by Crippen LogP contribution is -2.21. The number of aromatic nitrogens is 2. The molecule has 0 aliphatic carbocycles. The van der Waals surface area contributed by atoms with Gasteiger partial charge in [0, 0.05) is 39.9 Å². The summed E-state index contributed by atoms with van der Waals surface area (Å²) in [6, 6.07) is 12.4. The Bertz CT molecular complexity index is 1290. The molecule has 0 aliphatic heterocycles. The van der Waals surface area contributed by atoms with Crippen molar-refractivity contribution >= 4 is 39.4 Å². The minimum atomic E-state index is -0.491. The normalized spacial score (nSPS) is 10.9. The third kappa shape index (κ3) is 3.62. The lowest BCUT2D eigenvalue weighted by atomic mass is 10.1. The van der Waals surface area contributed by atoms with E-state index in [0.29, 0.717) is 23.2 Å². The predicted molar refractivity (Wildman–Crippen MR) is 111 cm³/mol. The summed E-state index contributed by atoms with van der Waals surface area (Å²) in [6.45, 7) is 2.11. The first-order chi connectivity index (χ1) is 14.1. The number of pyridine rings is 1. The first-order valence-electron chi connectivity index (χ1n) is 9.24. The van der Waals surface area contributed by atoms with E-state index in [1.807, 2.05) is 12.1 Å². The van der Waals surface area contributed by atoms with Crippen molar-refractivity contribution in [3.05, 3.63) is 76.2 Å². The molecule has 1 amide bonds. The number of amides is 1. The molecule has 0 radical (unpaired) electrons. The zero-order valence-corrected chi connectivity index (χ0v) is 15.7. The second-order valence-corrected chi connectivity index (χ2v) is 6.59. The van der Waals surface area contributed by atoms with Gasteiger partial charge in [0.25, 0.3) is 5.91 Å². The van der Waals surface area contributed by atoms with Crippen LogP contribution in [0.2, 0.25) is 0 Å². The van der Waals surface area contributed by atoms with Crippen molar-refractivity contribution in [3.63, 3.8) is 0 Å². The van der Waals surface area contributed by atoms with Gasteiger partial charge < -0.3 is 20.0 Å². The largest absolute Gasteiger partial charge is 0.466 e. The van der Waals surface area contributed by atoms with Gasteiger partial charge in [-0.2, -0.15) is 0 Å². The molecule has 4 rings (SSSR count). The highest BCUT2D eigenvalue weighted by Gasteiger charge is 2.14. The highest BCUT2D eigenvalue weighted by atomic mass is 16.5. The number of hydrogen-bond acceptors (Lipinski definition) is 4. The fourth-order valence-corrected chi connectivity index (χ4v) is 3.31. The van der Waals surface area contributed by atoms with E-state index in [9.17, 15) is 14.4 Å². The number of rotatable bonds is 5. The maximum Gasteiger partial charge on any atom is 0.310 e. The van der Waals surface area contributed by atoms with E-state index >= 15 is 0 Å². The van der Waals surface area contributed by atoms with Gasteiger partial charge in [-0.25, -0.2) is 0 Å². The van der Waals surface area contributed by atoms with Crippen LogP contribution in [-0.4, -0.2) is 28.5 Å². The van der Waals surface area contributed by atoms with Crippen LogP contribution in [0.25, 0.3) is 21.8 Å². The summed E-state index contributed by atoms with van der Waals surface area (Å²) in [5.41, 5.74) is 2.53. The second kappa shape index (κ2) is 7.63. The lowest BCUT2D eigenvalue weighted by Gasteiger charge is -2.07. The molecule has 7 heteroatoms. The van der Waals surface area contributed by atoms with Gasteiger partial charge in [-0.3, -0.25) is 14.4 Å². The number of carbonyl (C=O) groups is 2. The van der Waals surface area contributed by atoms with Crippen LogP contribution >= 0.6 is 0 Å². The average molecular weight is 389 g/mol. The van der Waals surface area contributed by atoms with Crippen LogP contribution in [0, 0.1) is 0 Å². The Kier molecular flexibility index (Phi) is 4.87. The lowest BCUT2D eigenvalue weighted by molar-refractivity contribution is -0.142. The molecule has 2 heterocycles. The zero-order valence-electron chi connectivity index (χ0n) is 15.7. The van der Waals surface area contributed by atoms with Crippen LogP contribution in [0.5, 0.6) is 0 Å². The number of benzene rings is 2. The summed E-state index contributed by atoms with van der Waals surface area (Å²) in [5, 5.41) is 4.09. The Labute approximate surface area is 165 Å². The molecule has 0 saturated heterocycles. The van der Waals surface area contributed by atoms with Crippen LogP contribution in [0.4, 0.5) is 5.69 Å². The first kappa shape index (κ1) is 18.5. The number of carbonyl (C=O) groups excluding carboxylic acids is 2. The highest BCUT2D eigenvalue weighted by molar-refractivity contribution is 6.06. The van der Waals surface area contributed by atoms with E-state index in [1.54, 1.807) is 43.5 Å². The van der Waals surface area contributed by atoms with Gasteiger partial charge in [0.1, 0.15) is 5.56 Å². The molecule has 2 aromatic heterocycles. The molecule has 7 nitrogen and oxygen atoms in total. The molecule has 0 bridgehead atoms. The number of ether oxygens (including phenoxy) is 1. The molecule has 0 unspecified atom stereocenters. The van der Waals surface area contributed by atoms with Gasteiger partial charge in [-0.1, -0.05) is 18.2 Å². The molecule has 3 N–H and O–H groups in total. The van der Waals surface area contributed by atoms with Crippen molar-refractivity contribution in [1.29, 1.82) is 0 Å². The topological polar surface area (TPSA) is 104 Å². The quantitative estimate of drug-likeness (QED) is 0.455. The van der Waals surface area contributed by atoms with Crippen LogP contribution in [0.15, 0.2) is 59.7 Å². The Morgan fingerprint density at radius 2 is 1.79 bits per heavy atom. The third-order valence-corrected chi connectivity index (χ3v) is 4.70. The van der Waals surface area contributed by atoms with E-state index in [-0.39, 0.29) is 23.4 Å². The number of esters is 1. The number of para-hydroxylation sites is 1. The number of anilines is 1. The number of nitrogens with one attached hydrogen (secondary N) is 3. The monoisotopic (exact) mass is 389 g/mol. The van der Waals surface area contributed by atoms with Gasteiger partial charge in [-0.15, -0.1) is 0 Å². The summed E-state index contributed by atoms with van der Waals surface area (Å²) in [6.07, 6.45) is 3.35. The fraction of sp³-hybridized carbons (Fsp3) is 0.136. The highest BCUT2D eigenvalue weighted by Crippen LogP contribution is 2.23. The molecule has 2 aromatic carbocycles. The van der Waals surface area contributed by atoms with Gasteiger partial charge >= 0.3 is 5.97 Å².